The molecule has 5 rings (SSSR count). The van der Waals surface area contributed by atoms with Crippen molar-refractivity contribution >= 4 is 28.2 Å². The summed E-state index contributed by atoms with van der Waals surface area (Å²) >= 11 is 0. The van der Waals surface area contributed by atoms with Gasteiger partial charge < -0.3 is 45.8 Å². The van der Waals surface area contributed by atoms with Gasteiger partial charge in [-0.15, -0.1) is 0 Å². The van der Waals surface area contributed by atoms with Crippen LogP contribution in [0.4, 0.5) is 0 Å². The highest BCUT2D eigenvalue weighted by molar-refractivity contribution is 6.24. The third-order valence-electron chi connectivity index (χ3n) is 8.46. The minimum absolute atomic E-state index is 0.0386. The quantitative estimate of drug-likeness (QED) is 0.258. The molecule has 1 aliphatic heterocycles. The van der Waals surface area contributed by atoms with Crippen LogP contribution in [0.5, 0.6) is 11.5 Å². The number of aliphatic hydroxyl groups excluding tert-OH is 4. The van der Waals surface area contributed by atoms with Crippen LogP contribution in [0, 0.1) is 12.8 Å². The fraction of sp³-hybridized carbons (Fsp3) is 0.444. The monoisotopic (exact) mass is 543 g/mol. The molecule has 1 amide bonds. The minimum atomic E-state index is -2.41. The lowest BCUT2D eigenvalue weighted by molar-refractivity contribution is -0.163. The molecule has 3 aliphatic rings. The van der Waals surface area contributed by atoms with Gasteiger partial charge in [0.15, 0.2) is 5.60 Å². The van der Waals surface area contributed by atoms with Gasteiger partial charge in [-0.3, -0.25) is 14.4 Å². The van der Waals surface area contributed by atoms with Gasteiger partial charge in [0, 0.05) is 25.0 Å². The summed E-state index contributed by atoms with van der Waals surface area (Å²) in [7, 11) is 1.05. The number of hydrogen-bond acceptors (Lipinski definition) is 11. The van der Waals surface area contributed by atoms with Gasteiger partial charge >= 0.3 is 0 Å². The van der Waals surface area contributed by atoms with Crippen molar-refractivity contribution in [1.29, 1.82) is 0 Å². The van der Waals surface area contributed by atoms with Gasteiger partial charge in [0.05, 0.1) is 29.3 Å². The molecule has 0 bridgehead atoms. The highest BCUT2D eigenvalue weighted by atomic mass is 16.5. The lowest BCUT2D eigenvalue weighted by Gasteiger charge is -2.46. The summed E-state index contributed by atoms with van der Waals surface area (Å²) in [6.45, 7) is 3.20. The maximum atomic E-state index is 14.1. The number of nitrogens with two attached hydrogens (primary N) is 1. The first-order valence-corrected chi connectivity index (χ1v) is 12.4. The summed E-state index contributed by atoms with van der Waals surface area (Å²) < 4.78 is 11.2. The highest BCUT2D eigenvalue weighted by Crippen LogP contribution is 2.52. The molecule has 1 fully saturated rings. The van der Waals surface area contributed by atoms with E-state index in [4.69, 9.17) is 15.2 Å². The number of aromatic hydroxyl groups is 2. The number of carbonyl (C=O) groups is 3. The third-order valence-corrected chi connectivity index (χ3v) is 8.46. The molecular weight excluding hydrogens is 514 g/mol. The molecule has 0 aromatic heterocycles. The Morgan fingerprint density at radius 1 is 1.13 bits per heavy atom. The molecule has 12 heteroatoms. The highest BCUT2D eigenvalue weighted by Gasteiger charge is 2.63. The number of carbonyl (C=O) groups excluding carboxylic acids is 3. The van der Waals surface area contributed by atoms with E-state index in [-0.39, 0.29) is 34.9 Å². The van der Waals surface area contributed by atoms with Crippen molar-refractivity contribution in [3.8, 4) is 11.5 Å². The van der Waals surface area contributed by atoms with Crippen LogP contribution in [0.15, 0.2) is 23.5 Å². The number of phenolic OH excluding ortho intramolecular Hbond substituents is 2. The zero-order valence-corrected chi connectivity index (χ0v) is 21.3. The summed E-state index contributed by atoms with van der Waals surface area (Å²) in [5.74, 6) is -7.00. The first kappa shape index (κ1) is 27.0. The second-order valence-corrected chi connectivity index (χ2v) is 10.4. The zero-order chi connectivity index (χ0) is 28.7. The summed E-state index contributed by atoms with van der Waals surface area (Å²) in [5, 5.41) is 65.1. The van der Waals surface area contributed by atoms with Crippen LogP contribution in [0.25, 0.3) is 10.8 Å². The van der Waals surface area contributed by atoms with E-state index in [1.807, 2.05) is 0 Å². The Balaban J connectivity index is 1.75. The van der Waals surface area contributed by atoms with E-state index in [0.717, 1.165) is 7.11 Å². The number of ether oxygens (including phenoxy) is 2. The van der Waals surface area contributed by atoms with E-state index in [9.17, 15) is 45.0 Å². The average Bonchev–Trinajstić information content (AvgIpc) is 2.88. The first-order valence-electron chi connectivity index (χ1n) is 12.4. The lowest BCUT2D eigenvalue weighted by atomic mass is 9.62. The molecule has 208 valence electrons. The summed E-state index contributed by atoms with van der Waals surface area (Å²) in [4.78, 5) is 38.7. The van der Waals surface area contributed by atoms with Gasteiger partial charge in [0.25, 0.3) is 5.91 Å². The predicted molar refractivity (Wildman–Crippen MR) is 133 cm³/mol. The van der Waals surface area contributed by atoms with Crippen LogP contribution in [-0.4, -0.2) is 85.2 Å². The largest absolute Gasteiger partial charge is 0.508 e. The van der Waals surface area contributed by atoms with Crippen LogP contribution < -0.4 is 5.73 Å². The van der Waals surface area contributed by atoms with Crippen molar-refractivity contribution < 1.29 is 54.5 Å². The number of methoxy groups -OCH3 is 1. The number of aryl methyl sites for hydroxylation is 1. The SMILES string of the molecule is CO[C@]12C(=O)c3c(c(C)c4ccc(C5CC(O)C(O)C(C)O5)c(O)c4c3O)C[C@H]1[C@@H](O)C(=O)C(C(N)=O)=C2O. The molecule has 1 saturated heterocycles. The normalized spacial score (nSPS) is 32.8. The Labute approximate surface area is 221 Å². The van der Waals surface area contributed by atoms with Crippen molar-refractivity contribution in [2.45, 2.75) is 62.8 Å². The van der Waals surface area contributed by atoms with E-state index in [0.29, 0.717) is 10.9 Å². The molecule has 2 aromatic carbocycles. The van der Waals surface area contributed by atoms with E-state index in [2.05, 4.69) is 0 Å². The predicted octanol–water partition coefficient (Wildman–Crippen LogP) is 0.112. The number of aliphatic hydroxyl groups is 4. The molecule has 8 N–H and O–H groups in total. The molecule has 2 aliphatic carbocycles. The fourth-order valence-corrected chi connectivity index (χ4v) is 6.35. The smallest absolute Gasteiger partial charge is 0.255 e. The number of phenols is 2. The molecule has 0 radical (unpaired) electrons. The molecule has 0 saturated carbocycles. The number of rotatable bonds is 3. The minimum Gasteiger partial charge on any atom is -0.508 e. The van der Waals surface area contributed by atoms with Crippen LogP contribution >= 0.6 is 0 Å². The number of primary amides is 1. The van der Waals surface area contributed by atoms with Crippen molar-refractivity contribution in [2.75, 3.05) is 7.11 Å². The Morgan fingerprint density at radius 3 is 2.38 bits per heavy atom. The van der Waals surface area contributed by atoms with E-state index < -0.39 is 82.3 Å². The zero-order valence-electron chi connectivity index (χ0n) is 21.3. The Bertz CT molecular complexity index is 1470. The van der Waals surface area contributed by atoms with Crippen molar-refractivity contribution in [1.82, 2.24) is 0 Å². The molecular formula is C27H29NO11. The van der Waals surface area contributed by atoms with E-state index >= 15 is 0 Å². The summed E-state index contributed by atoms with van der Waals surface area (Å²) in [6, 6.07) is 3.15. The van der Waals surface area contributed by atoms with E-state index in [1.165, 1.54) is 0 Å². The molecule has 1 heterocycles. The van der Waals surface area contributed by atoms with Gasteiger partial charge in [-0.2, -0.15) is 0 Å². The Morgan fingerprint density at radius 2 is 1.79 bits per heavy atom. The number of fused-ring (bicyclic) bond motifs is 3. The number of ketones is 2. The Kier molecular flexibility index (Phi) is 6.24. The van der Waals surface area contributed by atoms with Crippen molar-refractivity contribution in [3.05, 3.63) is 45.7 Å². The Hall–Kier alpha value is -3.55. The molecule has 4 unspecified atom stereocenters. The lowest BCUT2D eigenvalue weighted by Crippen LogP contribution is -2.62. The van der Waals surface area contributed by atoms with Gasteiger partial charge in [0.2, 0.25) is 11.6 Å². The van der Waals surface area contributed by atoms with Crippen molar-refractivity contribution in [3.63, 3.8) is 0 Å². The average molecular weight is 544 g/mol. The van der Waals surface area contributed by atoms with Crippen LogP contribution in [0.2, 0.25) is 0 Å². The second kappa shape index (κ2) is 9.00. The number of Topliss-reactive ketones (excluding diaryl/α,β-unsaturated/α-hetero) is 2. The number of amides is 1. The number of benzene rings is 2. The summed E-state index contributed by atoms with van der Waals surface area (Å²) in [6.07, 6.45) is -5.99. The maximum Gasteiger partial charge on any atom is 0.255 e. The number of hydrogen-bond donors (Lipinski definition) is 7. The van der Waals surface area contributed by atoms with Crippen molar-refractivity contribution in [2.24, 2.45) is 11.7 Å². The van der Waals surface area contributed by atoms with Gasteiger partial charge in [0.1, 0.15) is 35.0 Å². The van der Waals surface area contributed by atoms with E-state index in [1.54, 1.807) is 26.0 Å². The van der Waals surface area contributed by atoms with Crippen LogP contribution in [-0.2, 0) is 25.5 Å². The first-order chi connectivity index (χ1) is 18.3. The molecule has 12 nitrogen and oxygen atoms in total. The maximum absolute atomic E-state index is 14.1. The second-order valence-electron chi connectivity index (χ2n) is 10.4. The topological polar surface area (TPSA) is 217 Å². The molecule has 39 heavy (non-hydrogen) atoms. The van der Waals surface area contributed by atoms with Crippen LogP contribution in [0.1, 0.15) is 46.5 Å². The molecule has 2 aromatic rings. The van der Waals surface area contributed by atoms with Crippen LogP contribution in [0.3, 0.4) is 0 Å². The molecule has 0 spiro atoms. The summed E-state index contributed by atoms with van der Waals surface area (Å²) in [5.41, 5.74) is 2.49. The van der Waals surface area contributed by atoms with Gasteiger partial charge in [-0.1, -0.05) is 12.1 Å². The fourth-order valence-electron chi connectivity index (χ4n) is 6.35. The third kappa shape index (κ3) is 3.46. The standard InChI is InChI=1S/C27H29NO11/c1-8-10-4-5-11(15-7-14(29)19(30)9(2)39-15)20(31)16(10)22(33)17-12(8)6-13-21(32)23(34)18(26(28)37)25(36)27(13,38-3)24(17)35/h4-5,9,13-15,19,21,29-33,36H,6-7H2,1-3H3,(H2,28,37)/t9?,13-,14?,15?,19?,21+,27-/m0/s1. The van der Waals surface area contributed by atoms with Gasteiger partial charge in [-0.25, -0.2) is 0 Å². The molecule has 7 atom stereocenters. The van der Waals surface area contributed by atoms with Gasteiger partial charge in [-0.05, 0) is 36.8 Å².